The molecule has 1 aliphatic rings. The van der Waals surface area contributed by atoms with Crippen molar-refractivity contribution < 1.29 is 13.2 Å². The minimum absolute atomic E-state index is 0.0792. The van der Waals surface area contributed by atoms with Crippen molar-refractivity contribution in [2.75, 3.05) is 17.2 Å². The molecule has 0 unspecified atom stereocenters. The minimum atomic E-state index is -3.66. The normalized spacial score (nSPS) is 12.7. The monoisotopic (exact) mass is 419 g/mol. The van der Waals surface area contributed by atoms with Gasteiger partial charge in [-0.15, -0.1) is 6.42 Å². The molecule has 0 atom stereocenters. The van der Waals surface area contributed by atoms with E-state index in [1.54, 1.807) is 18.3 Å². The summed E-state index contributed by atoms with van der Waals surface area (Å²) in [7, 11) is -3.66. The van der Waals surface area contributed by atoms with Gasteiger partial charge in [-0.1, -0.05) is 24.1 Å². The molecule has 0 fully saturated rings. The number of fused-ring (bicyclic) bond motifs is 3. The molecule has 0 bridgehead atoms. The summed E-state index contributed by atoms with van der Waals surface area (Å²) in [6.07, 6.45) is 6.90. The first-order valence-corrected chi connectivity index (χ1v) is 10.5. The molecule has 0 saturated heterocycles. The van der Waals surface area contributed by atoms with Crippen LogP contribution in [0, 0.1) is 12.3 Å². The first-order valence-electron chi connectivity index (χ1n) is 9.02. The predicted molar refractivity (Wildman–Crippen MR) is 114 cm³/mol. The number of carbonyl (C=O) groups is 1. The number of terminal acetylenes is 1. The van der Waals surface area contributed by atoms with Gasteiger partial charge in [-0.3, -0.25) is 4.79 Å². The van der Waals surface area contributed by atoms with Crippen LogP contribution in [0.5, 0.6) is 0 Å². The van der Waals surface area contributed by atoms with Crippen molar-refractivity contribution in [3.05, 3.63) is 60.3 Å². The van der Waals surface area contributed by atoms with Crippen molar-refractivity contribution in [2.45, 2.75) is 11.3 Å². The fourth-order valence-corrected chi connectivity index (χ4v) is 4.00. The van der Waals surface area contributed by atoms with Gasteiger partial charge in [0.2, 0.25) is 21.9 Å². The highest BCUT2D eigenvalue weighted by Gasteiger charge is 2.20. The van der Waals surface area contributed by atoms with Gasteiger partial charge in [-0.05, 0) is 30.3 Å². The lowest BCUT2D eigenvalue weighted by Gasteiger charge is -2.11. The number of nitrogens with one attached hydrogen (secondary N) is 3. The highest BCUT2D eigenvalue weighted by Crippen LogP contribution is 2.32. The van der Waals surface area contributed by atoms with E-state index in [1.165, 1.54) is 12.1 Å². The first-order chi connectivity index (χ1) is 14.5. The van der Waals surface area contributed by atoms with E-state index in [9.17, 15) is 13.2 Å². The Morgan fingerprint density at radius 2 is 1.90 bits per heavy atom. The lowest BCUT2D eigenvalue weighted by Crippen LogP contribution is -2.23. The highest BCUT2D eigenvalue weighted by atomic mass is 32.2. The molecule has 0 aliphatic carbocycles. The highest BCUT2D eigenvalue weighted by molar-refractivity contribution is 7.89. The number of aromatic nitrogens is 2. The van der Waals surface area contributed by atoms with Gasteiger partial charge in [0.15, 0.2) is 0 Å². The second-order valence-electron chi connectivity index (χ2n) is 6.52. The van der Waals surface area contributed by atoms with Gasteiger partial charge in [0.05, 0.1) is 29.2 Å². The molecule has 0 saturated carbocycles. The van der Waals surface area contributed by atoms with E-state index in [1.807, 2.05) is 24.3 Å². The fourth-order valence-electron chi connectivity index (χ4n) is 3.06. The van der Waals surface area contributed by atoms with Crippen LogP contribution >= 0.6 is 0 Å². The van der Waals surface area contributed by atoms with Gasteiger partial charge in [0, 0.05) is 23.0 Å². The van der Waals surface area contributed by atoms with Crippen molar-refractivity contribution in [1.82, 2.24) is 14.7 Å². The van der Waals surface area contributed by atoms with E-state index in [4.69, 9.17) is 6.42 Å². The van der Waals surface area contributed by atoms with E-state index < -0.39 is 10.0 Å². The van der Waals surface area contributed by atoms with Crippen LogP contribution in [-0.4, -0.2) is 30.8 Å². The molecule has 3 N–H and O–H groups in total. The van der Waals surface area contributed by atoms with Gasteiger partial charge < -0.3 is 10.6 Å². The van der Waals surface area contributed by atoms with E-state index in [0.717, 1.165) is 11.1 Å². The third kappa shape index (κ3) is 4.00. The summed E-state index contributed by atoms with van der Waals surface area (Å²) in [5.41, 5.74) is 3.51. The van der Waals surface area contributed by atoms with Crippen LogP contribution in [0.2, 0.25) is 0 Å². The van der Waals surface area contributed by atoms with Crippen molar-refractivity contribution in [3.8, 4) is 23.6 Å². The Morgan fingerprint density at radius 3 is 2.67 bits per heavy atom. The Kier molecular flexibility index (Phi) is 5.18. The molecule has 1 aliphatic heterocycles. The summed E-state index contributed by atoms with van der Waals surface area (Å²) < 4.78 is 26.5. The smallest absolute Gasteiger partial charge is 0.241 e. The molecule has 2 aromatic carbocycles. The number of amides is 1. The maximum atomic E-state index is 12.1. The largest absolute Gasteiger partial charge is 0.325 e. The second kappa shape index (κ2) is 7.94. The second-order valence-corrected chi connectivity index (χ2v) is 8.28. The van der Waals surface area contributed by atoms with E-state index in [2.05, 4.69) is 31.2 Å². The quantitative estimate of drug-likeness (QED) is 0.547. The Balaban J connectivity index is 1.61. The summed E-state index contributed by atoms with van der Waals surface area (Å²) >= 11 is 0. The molecular weight excluding hydrogens is 402 g/mol. The van der Waals surface area contributed by atoms with Crippen LogP contribution in [0.4, 0.5) is 17.3 Å². The minimum Gasteiger partial charge on any atom is -0.325 e. The summed E-state index contributed by atoms with van der Waals surface area (Å²) in [4.78, 5) is 21.1. The van der Waals surface area contributed by atoms with Crippen LogP contribution in [0.25, 0.3) is 11.3 Å². The fraction of sp³-hybridized carbons (Fsp3) is 0.0952. The standard InChI is InChI=1S/C21H17N5O3S/c1-2-11-23-30(28,29)16-9-7-15(8-10-16)24-21-22-13-14-12-19(27)25-18-6-4-3-5-17(18)20(14)26-21/h1,3-10,13,23H,11-12H2,(H,25,27)(H,22,24,26). The zero-order chi connectivity index (χ0) is 21.1. The molecule has 1 aromatic heterocycles. The van der Waals surface area contributed by atoms with Crippen molar-refractivity contribution >= 4 is 33.3 Å². The van der Waals surface area contributed by atoms with Gasteiger partial charge in [-0.25, -0.2) is 18.4 Å². The zero-order valence-corrected chi connectivity index (χ0v) is 16.5. The summed E-state index contributed by atoms with van der Waals surface area (Å²) in [6, 6.07) is 13.6. The Hall–Kier alpha value is -3.74. The van der Waals surface area contributed by atoms with Gasteiger partial charge in [0.1, 0.15) is 0 Å². The van der Waals surface area contributed by atoms with Gasteiger partial charge in [0.25, 0.3) is 0 Å². The molecule has 0 radical (unpaired) electrons. The zero-order valence-electron chi connectivity index (χ0n) is 15.7. The summed E-state index contributed by atoms with van der Waals surface area (Å²) in [5.74, 6) is 2.44. The summed E-state index contributed by atoms with van der Waals surface area (Å²) in [6.45, 7) is -0.0792. The number of sulfonamides is 1. The number of nitrogens with zero attached hydrogens (tertiary/aromatic N) is 2. The Labute approximate surface area is 173 Å². The molecule has 0 spiro atoms. The van der Waals surface area contributed by atoms with Crippen LogP contribution in [0.3, 0.4) is 0 Å². The van der Waals surface area contributed by atoms with Crippen LogP contribution < -0.4 is 15.4 Å². The van der Waals surface area contributed by atoms with E-state index >= 15 is 0 Å². The molecule has 8 nitrogen and oxygen atoms in total. The maximum absolute atomic E-state index is 12.1. The third-order valence-electron chi connectivity index (χ3n) is 4.46. The molecule has 4 rings (SSSR count). The van der Waals surface area contributed by atoms with Crippen LogP contribution in [-0.2, 0) is 21.2 Å². The Bertz CT molecular complexity index is 1260. The lowest BCUT2D eigenvalue weighted by molar-refractivity contribution is -0.115. The number of para-hydroxylation sites is 1. The third-order valence-corrected chi connectivity index (χ3v) is 5.87. The number of anilines is 3. The molecule has 1 amide bonds. The topological polar surface area (TPSA) is 113 Å². The molecular formula is C21H17N5O3S. The number of hydrogen-bond acceptors (Lipinski definition) is 6. The molecule has 30 heavy (non-hydrogen) atoms. The van der Waals surface area contributed by atoms with Crippen LogP contribution in [0.15, 0.2) is 59.6 Å². The molecule has 150 valence electrons. The molecule has 9 heteroatoms. The van der Waals surface area contributed by atoms with Crippen molar-refractivity contribution in [2.24, 2.45) is 0 Å². The first kappa shape index (κ1) is 19.6. The molecule has 3 aromatic rings. The van der Waals surface area contributed by atoms with Crippen molar-refractivity contribution in [1.29, 1.82) is 0 Å². The number of hydrogen-bond donors (Lipinski definition) is 3. The number of benzene rings is 2. The van der Waals surface area contributed by atoms with Gasteiger partial charge >= 0.3 is 0 Å². The number of carbonyl (C=O) groups excluding carboxylic acids is 1. The SMILES string of the molecule is C#CCNS(=O)(=O)c1ccc(Nc2ncc3c(n2)-c2ccccc2NC(=O)C3)cc1. The average Bonchev–Trinajstić information content (AvgIpc) is 2.88. The Morgan fingerprint density at radius 1 is 1.13 bits per heavy atom. The van der Waals surface area contributed by atoms with E-state index in [-0.39, 0.29) is 23.8 Å². The van der Waals surface area contributed by atoms with Crippen LogP contribution in [0.1, 0.15) is 5.56 Å². The van der Waals surface area contributed by atoms with E-state index in [0.29, 0.717) is 23.0 Å². The molecule has 2 heterocycles. The average molecular weight is 419 g/mol. The van der Waals surface area contributed by atoms with Crippen molar-refractivity contribution in [3.63, 3.8) is 0 Å². The predicted octanol–water partition coefficient (Wildman–Crippen LogP) is 2.29. The van der Waals surface area contributed by atoms with Gasteiger partial charge in [-0.2, -0.15) is 4.72 Å². The number of rotatable bonds is 5. The summed E-state index contributed by atoms with van der Waals surface area (Å²) in [5, 5.41) is 5.93. The lowest BCUT2D eigenvalue weighted by atomic mass is 10.1. The maximum Gasteiger partial charge on any atom is 0.241 e.